The molecule has 0 aromatic carbocycles. The van der Waals surface area contributed by atoms with E-state index in [1.54, 1.807) is 7.11 Å². The zero-order valence-electron chi connectivity index (χ0n) is 8.45. The average Bonchev–Trinajstić information content (AvgIpc) is 2.11. The smallest absolute Gasteiger partial charge is 0.153 e. The Morgan fingerprint density at radius 3 is 2.62 bits per heavy atom. The standard InChI is InChI=1S/C8H19N3O2/c1-6(2)7(5-13-3)10-4-8(9)11-12/h6-7,10,12H,4-5H2,1-3H3,(H2,9,11). The molecule has 78 valence electrons. The van der Waals surface area contributed by atoms with Crippen LogP contribution >= 0.6 is 0 Å². The lowest BCUT2D eigenvalue weighted by Gasteiger charge is -2.20. The molecular formula is C8H19N3O2. The van der Waals surface area contributed by atoms with E-state index in [1.165, 1.54) is 0 Å². The van der Waals surface area contributed by atoms with Gasteiger partial charge in [0.25, 0.3) is 0 Å². The van der Waals surface area contributed by atoms with Gasteiger partial charge in [-0.25, -0.2) is 0 Å². The molecule has 0 aliphatic carbocycles. The molecule has 1 unspecified atom stereocenters. The molecule has 5 nitrogen and oxygen atoms in total. The van der Waals surface area contributed by atoms with Gasteiger partial charge < -0.3 is 21.0 Å². The molecule has 0 saturated carbocycles. The second-order valence-electron chi connectivity index (χ2n) is 3.28. The summed E-state index contributed by atoms with van der Waals surface area (Å²) in [5.74, 6) is 0.633. The molecule has 0 spiro atoms. The Bertz CT molecular complexity index is 159. The van der Waals surface area contributed by atoms with Crippen molar-refractivity contribution in [2.45, 2.75) is 19.9 Å². The summed E-state index contributed by atoms with van der Waals surface area (Å²) in [6.45, 7) is 5.17. The fourth-order valence-electron chi connectivity index (χ4n) is 0.938. The molecule has 0 fully saturated rings. The number of oxime groups is 1. The van der Waals surface area contributed by atoms with Crippen LogP contribution in [0.3, 0.4) is 0 Å². The summed E-state index contributed by atoms with van der Waals surface area (Å²) in [5.41, 5.74) is 5.31. The van der Waals surface area contributed by atoms with Crippen molar-refractivity contribution < 1.29 is 9.94 Å². The van der Waals surface area contributed by atoms with Gasteiger partial charge in [0.1, 0.15) is 0 Å². The van der Waals surface area contributed by atoms with E-state index in [4.69, 9.17) is 15.7 Å². The number of amidine groups is 1. The molecule has 5 heteroatoms. The molecule has 0 amide bonds. The lowest BCUT2D eigenvalue weighted by Crippen LogP contribution is -2.42. The molecule has 4 N–H and O–H groups in total. The summed E-state index contributed by atoms with van der Waals surface area (Å²) in [6.07, 6.45) is 0. The molecule has 0 saturated heterocycles. The number of ether oxygens (including phenoxy) is 1. The van der Waals surface area contributed by atoms with E-state index in [1.807, 2.05) is 0 Å². The van der Waals surface area contributed by atoms with Crippen LogP contribution in [0, 0.1) is 5.92 Å². The van der Waals surface area contributed by atoms with Crippen LogP contribution < -0.4 is 11.1 Å². The fraction of sp³-hybridized carbons (Fsp3) is 0.875. The zero-order valence-corrected chi connectivity index (χ0v) is 8.45. The van der Waals surface area contributed by atoms with Crippen molar-refractivity contribution in [2.24, 2.45) is 16.8 Å². The highest BCUT2D eigenvalue weighted by Gasteiger charge is 2.12. The third-order valence-corrected chi connectivity index (χ3v) is 1.82. The van der Waals surface area contributed by atoms with Crippen molar-refractivity contribution in [2.75, 3.05) is 20.3 Å². The van der Waals surface area contributed by atoms with Gasteiger partial charge >= 0.3 is 0 Å². The van der Waals surface area contributed by atoms with E-state index in [0.717, 1.165) is 0 Å². The summed E-state index contributed by atoms with van der Waals surface area (Å²) >= 11 is 0. The predicted octanol–water partition coefficient (Wildman–Crippen LogP) is -0.00660. The monoisotopic (exact) mass is 189 g/mol. The summed E-state index contributed by atoms with van der Waals surface area (Å²) < 4.78 is 5.03. The molecule has 0 radical (unpaired) electrons. The normalized spacial score (nSPS) is 14.9. The predicted molar refractivity (Wildman–Crippen MR) is 51.9 cm³/mol. The van der Waals surface area contributed by atoms with Crippen LogP contribution in [0.15, 0.2) is 5.16 Å². The first-order valence-electron chi connectivity index (χ1n) is 4.30. The van der Waals surface area contributed by atoms with Gasteiger partial charge in [-0.3, -0.25) is 0 Å². The number of hydrogen-bond donors (Lipinski definition) is 3. The molecule has 13 heavy (non-hydrogen) atoms. The lowest BCUT2D eigenvalue weighted by atomic mass is 10.1. The van der Waals surface area contributed by atoms with Crippen LogP contribution in [0.2, 0.25) is 0 Å². The highest BCUT2D eigenvalue weighted by Crippen LogP contribution is 2.00. The number of methoxy groups -OCH3 is 1. The number of hydrogen-bond acceptors (Lipinski definition) is 4. The number of nitrogens with two attached hydrogens (primary N) is 1. The second kappa shape index (κ2) is 6.68. The largest absolute Gasteiger partial charge is 0.409 e. The first kappa shape index (κ1) is 12.2. The van der Waals surface area contributed by atoms with Gasteiger partial charge in [-0.15, -0.1) is 0 Å². The van der Waals surface area contributed by atoms with E-state index in [2.05, 4.69) is 24.3 Å². The Morgan fingerprint density at radius 2 is 2.23 bits per heavy atom. The van der Waals surface area contributed by atoms with E-state index in [0.29, 0.717) is 19.1 Å². The first-order valence-corrected chi connectivity index (χ1v) is 4.30. The van der Waals surface area contributed by atoms with Crippen LogP contribution in [0.5, 0.6) is 0 Å². The van der Waals surface area contributed by atoms with E-state index in [-0.39, 0.29) is 11.9 Å². The molecular weight excluding hydrogens is 170 g/mol. The topological polar surface area (TPSA) is 79.9 Å². The Hall–Kier alpha value is -0.810. The van der Waals surface area contributed by atoms with Gasteiger partial charge in [-0.2, -0.15) is 0 Å². The zero-order chi connectivity index (χ0) is 10.3. The van der Waals surface area contributed by atoms with Crippen molar-refractivity contribution in [3.63, 3.8) is 0 Å². The molecule has 0 rings (SSSR count). The highest BCUT2D eigenvalue weighted by molar-refractivity contribution is 5.81. The van der Waals surface area contributed by atoms with Crippen LogP contribution in [0.25, 0.3) is 0 Å². The van der Waals surface area contributed by atoms with Crippen molar-refractivity contribution in [1.29, 1.82) is 0 Å². The summed E-state index contributed by atoms with van der Waals surface area (Å²) in [4.78, 5) is 0. The maximum absolute atomic E-state index is 8.31. The molecule has 0 aliphatic heterocycles. The summed E-state index contributed by atoms with van der Waals surface area (Å²) in [5, 5.41) is 14.3. The Morgan fingerprint density at radius 1 is 1.62 bits per heavy atom. The van der Waals surface area contributed by atoms with Crippen LogP contribution in [-0.2, 0) is 4.74 Å². The van der Waals surface area contributed by atoms with Gasteiger partial charge in [-0.05, 0) is 5.92 Å². The molecule has 0 aromatic heterocycles. The fourth-order valence-corrected chi connectivity index (χ4v) is 0.938. The Kier molecular flexibility index (Phi) is 6.26. The van der Waals surface area contributed by atoms with E-state index in [9.17, 15) is 0 Å². The third-order valence-electron chi connectivity index (χ3n) is 1.82. The SMILES string of the molecule is COCC(NCC(N)=NO)C(C)C. The second-order valence-corrected chi connectivity index (χ2v) is 3.28. The molecule has 1 atom stereocenters. The first-order chi connectivity index (χ1) is 6.11. The maximum atomic E-state index is 8.31. The minimum atomic E-state index is 0.182. The third kappa shape index (κ3) is 5.43. The average molecular weight is 189 g/mol. The maximum Gasteiger partial charge on any atom is 0.153 e. The molecule has 0 heterocycles. The quantitative estimate of drug-likeness (QED) is 0.238. The Labute approximate surface area is 78.9 Å². The molecule has 0 bridgehead atoms. The minimum Gasteiger partial charge on any atom is -0.409 e. The summed E-state index contributed by atoms with van der Waals surface area (Å²) in [7, 11) is 1.65. The minimum absolute atomic E-state index is 0.182. The van der Waals surface area contributed by atoms with Crippen molar-refractivity contribution in [1.82, 2.24) is 5.32 Å². The van der Waals surface area contributed by atoms with Crippen molar-refractivity contribution in [3.05, 3.63) is 0 Å². The van der Waals surface area contributed by atoms with Gasteiger partial charge in [0.05, 0.1) is 13.2 Å². The van der Waals surface area contributed by atoms with Gasteiger partial charge in [-0.1, -0.05) is 19.0 Å². The number of rotatable bonds is 6. The molecule has 0 aliphatic rings. The van der Waals surface area contributed by atoms with Gasteiger partial charge in [0.15, 0.2) is 5.84 Å². The van der Waals surface area contributed by atoms with Crippen LogP contribution in [0.4, 0.5) is 0 Å². The summed E-state index contributed by atoms with van der Waals surface area (Å²) in [6, 6.07) is 0.227. The van der Waals surface area contributed by atoms with Gasteiger partial charge in [0.2, 0.25) is 0 Å². The van der Waals surface area contributed by atoms with E-state index >= 15 is 0 Å². The van der Waals surface area contributed by atoms with Crippen LogP contribution in [0.1, 0.15) is 13.8 Å². The lowest BCUT2D eigenvalue weighted by molar-refractivity contribution is 0.149. The number of nitrogens with zero attached hydrogens (tertiary/aromatic N) is 1. The van der Waals surface area contributed by atoms with Crippen molar-refractivity contribution in [3.8, 4) is 0 Å². The van der Waals surface area contributed by atoms with Crippen LogP contribution in [-0.4, -0.2) is 37.3 Å². The molecule has 0 aromatic rings. The Balaban J connectivity index is 3.82. The van der Waals surface area contributed by atoms with E-state index < -0.39 is 0 Å². The van der Waals surface area contributed by atoms with Gasteiger partial charge in [0, 0.05) is 13.2 Å². The number of nitrogens with one attached hydrogen (secondary N) is 1. The highest BCUT2D eigenvalue weighted by atomic mass is 16.5. The van der Waals surface area contributed by atoms with Crippen molar-refractivity contribution >= 4 is 5.84 Å².